The number of ether oxygens (including phenoxy) is 1. The van der Waals surface area contributed by atoms with Gasteiger partial charge in [-0.05, 0) is 51.0 Å². The lowest BCUT2D eigenvalue weighted by Gasteiger charge is -2.13. The SMILES string of the molecule is CCCC(=O)Nc1ccc(C(=O)N/N=C(/C)C(CC)C(=O)OCC)cc1. The van der Waals surface area contributed by atoms with Crippen LogP contribution < -0.4 is 10.7 Å². The van der Waals surface area contributed by atoms with E-state index in [9.17, 15) is 14.4 Å². The highest BCUT2D eigenvalue weighted by Crippen LogP contribution is 2.11. The molecule has 0 aliphatic rings. The van der Waals surface area contributed by atoms with Crippen LogP contribution in [0.15, 0.2) is 29.4 Å². The van der Waals surface area contributed by atoms with Crippen molar-refractivity contribution in [3.8, 4) is 0 Å². The van der Waals surface area contributed by atoms with Crippen molar-refractivity contribution < 1.29 is 19.1 Å². The summed E-state index contributed by atoms with van der Waals surface area (Å²) in [4.78, 5) is 35.6. The average molecular weight is 361 g/mol. The lowest BCUT2D eigenvalue weighted by molar-refractivity contribution is -0.145. The van der Waals surface area contributed by atoms with Crippen LogP contribution in [-0.2, 0) is 14.3 Å². The van der Waals surface area contributed by atoms with Crippen molar-refractivity contribution in [2.75, 3.05) is 11.9 Å². The third-order valence-electron chi connectivity index (χ3n) is 3.73. The summed E-state index contributed by atoms with van der Waals surface area (Å²) in [6.07, 6.45) is 1.76. The number of hydrazone groups is 1. The molecule has 0 saturated carbocycles. The van der Waals surface area contributed by atoms with E-state index in [2.05, 4.69) is 15.8 Å². The zero-order chi connectivity index (χ0) is 19.5. The molecule has 7 heteroatoms. The molecule has 1 aromatic carbocycles. The Hall–Kier alpha value is -2.70. The Labute approximate surface area is 154 Å². The monoisotopic (exact) mass is 361 g/mol. The zero-order valence-corrected chi connectivity index (χ0v) is 15.8. The van der Waals surface area contributed by atoms with Gasteiger partial charge in [0.05, 0.1) is 12.5 Å². The second-order valence-corrected chi connectivity index (χ2v) is 5.78. The molecule has 1 atom stereocenters. The second-order valence-electron chi connectivity index (χ2n) is 5.78. The van der Waals surface area contributed by atoms with Gasteiger partial charge in [-0.15, -0.1) is 0 Å². The molecule has 0 fully saturated rings. The Morgan fingerprint density at radius 3 is 2.31 bits per heavy atom. The number of hydrogen-bond acceptors (Lipinski definition) is 5. The molecule has 0 aliphatic carbocycles. The lowest BCUT2D eigenvalue weighted by atomic mass is 10.0. The number of esters is 1. The van der Waals surface area contributed by atoms with Crippen LogP contribution in [0.25, 0.3) is 0 Å². The van der Waals surface area contributed by atoms with Crippen molar-refractivity contribution in [2.24, 2.45) is 11.0 Å². The summed E-state index contributed by atoms with van der Waals surface area (Å²) in [7, 11) is 0. The van der Waals surface area contributed by atoms with Crippen LogP contribution in [0.5, 0.6) is 0 Å². The quantitative estimate of drug-likeness (QED) is 0.401. The number of nitrogens with zero attached hydrogens (tertiary/aromatic N) is 1. The molecule has 0 heterocycles. The molecule has 1 rings (SSSR count). The van der Waals surface area contributed by atoms with Gasteiger partial charge in [0.25, 0.3) is 5.91 Å². The van der Waals surface area contributed by atoms with Gasteiger partial charge in [-0.3, -0.25) is 14.4 Å². The number of anilines is 1. The van der Waals surface area contributed by atoms with Crippen molar-refractivity contribution in [3.63, 3.8) is 0 Å². The maximum Gasteiger partial charge on any atom is 0.314 e. The van der Waals surface area contributed by atoms with Crippen molar-refractivity contribution in [1.82, 2.24) is 5.43 Å². The third-order valence-corrected chi connectivity index (χ3v) is 3.73. The molecule has 1 unspecified atom stereocenters. The highest BCUT2D eigenvalue weighted by molar-refractivity contribution is 6.02. The second kappa shape index (κ2) is 11.0. The summed E-state index contributed by atoms with van der Waals surface area (Å²) < 4.78 is 5.00. The van der Waals surface area contributed by atoms with E-state index in [4.69, 9.17) is 4.74 Å². The Morgan fingerprint density at radius 2 is 1.77 bits per heavy atom. The summed E-state index contributed by atoms with van der Waals surface area (Å²) in [6.45, 7) is 7.51. The van der Waals surface area contributed by atoms with Crippen molar-refractivity contribution >= 4 is 29.2 Å². The van der Waals surface area contributed by atoms with Crippen LogP contribution in [0, 0.1) is 5.92 Å². The average Bonchev–Trinajstić information content (AvgIpc) is 2.61. The van der Waals surface area contributed by atoms with Crippen molar-refractivity contribution in [2.45, 2.75) is 47.0 Å². The molecule has 26 heavy (non-hydrogen) atoms. The van der Waals surface area contributed by atoms with Crippen LogP contribution in [-0.4, -0.2) is 30.1 Å². The summed E-state index contributed by atoms with van der Waals surface area (Å²) in [5, 5.41) is 6.77. The third kappa shape index (κ3) is 6.66. The predicted octanol–water partition coefficient (Wildman–Crippen LogP) is 3.12. The van der Waals surface area contributed by atoms with E-state index >= 15 is 0 Å². The van der Waals surface area contributed by atoms with Gasteiger partial charge < -0.3 is 10.1 Å². The molecule has 2 amide bonds. The van der Waals surface area contributed by atoms with Crippen LogP contribution in [0.3, 0.4) is 0 Å². The standard InChI is InChI=1S/C19H27N3O4/c1-5-8-17(23)20-15-11-9-14(10-12-15)18(24)22-21-13(4)16(6-2)19(25)26-7-3/h9-12,16H,5-8H2,1-4H3,(H,20,23)(H,22,24)/b21-13-. The first-order chi connectivity index (χ1) is 12.4. The number of rotatable bonds is 9. The van der Waals surface area contributed by atoms with Gasteiger partial charge in [-0.25, -0.2) is 5.43 Å². The molecule has 0 aliphatic heterocycles. The highest BCUT2D eigenvalue weighted by atomic mass is 16.5. The van der Waals surface area contributed by atoms with Gasteiger partial charge in [-0.1, -0.05) is 13.8 Å². The fourth-order valence-corrected chi connectivity index (χ4v) is 2.31. The topological polar surface area (TPSA) is 96.9 Å². The molecule has 0 aromatic heterocycles. The van der Waals surface area contributed by atoms with Crippen LogP contribution >= 0.6 is 0 Å². The number of carbonyl (C=O) groups excluding carboxylic acids is 3. The number of amides is 2. The van der Waals surface area contributed by atoms with Gasteiger partial charge in [0, 0.05) is 23.4 Å². The van der Waals surface area contributed by atoms with E-state index < -0.39 is 11.8 Å². The van der Waals surface area contributed by atoms with E-state index in [1.54, 1.807) is 38.1 Å². The minimum atomic E-state index is -0.480. The van der Waals surface area contributed by atoms with E-state index in [0.717, 1.165) is 6.42 Å². The summed E-state index contributed by atoms with van der Waals surface area (Å²) in [5.74, 6) is -1.28. The molecule has 0 spiro atoms. The van der Waals surface area contributed by atoms with E-state index in [-0.39, 0.29) is 11.9 Å². The Bertz CT molecular complexity index is 653. The molecule has 2 N–H and O–H groups in total. The molecule has 0 bridgehead atoms. The van der Waals surface area contributed by atoms with Crippen molar-refractivity contribution in [1.29, 1.82) is 0 Å². The number of nitrogens with one attached hydrogen (secondary N) is 2. The van der Waals surface area contributed by atoms with Gasteiger partial charge in [0.15, 0.2) is 0 Å². The van der Waals surface area contributed by atoms with Gasteiger partial charge in [-0.2, -0.15) is 5.10 Å². The Kier molecular flexibility index (Phi) is 9.05. The number of hydrogen-bond donors (Lipinski definition) is 2. The molecule has 0 saturated heterocycles. The first-order valence-electron chi connectivity index (χ1n) is 8.83. The first kappa shape index (κ1) is 21.3. The molecular formula is C19H27N3O4. The lowest BCUT2D eigenvalue weighted by Crippen LogP contribution is -2.27. The number of carbonyl (C=O) groups is 3. The molecular weight excluding hydrogens is 334 g/mol. The summed E-state index contributed by atoms with van der Waals surface area (Å²) >= 11 is 0. The summed E-state index contributed by atoms with van der Waals surface area (Å²) in [5.41, 5.74) is 3.97. The normalized spacial score (nSPS) is 12.2. The minimum Gasteiger partial charge on any atom is -0.465 e. The molecule has 0 radical (unpaired) electrons. The highest BCUT2D eigenvalue weighted by Gasteiger charge is 2.21. The van der Waals surface area contributed by atoms with Crippen molar-refractivity contribution in [3.05, 3.63) is 29.8 Å². The fraction of sp³-hybridized carbons (Fsp3) is 0.474. The van der Waals surface area contributed by atoms with Gasteiger partial charge in [0.1, 0.15) is 0 Å². The van der Waals surface area contributed by atoms with Gasteiger partial charge in [0.2, 0.25) is 5.91 Å². The first-order valence-corrected chi connectivity index (χ1v) is 8.83. The maximum atomic E-state index is 12.2. The Morgan fingerprint density at radius 1 is 1.12 bits per heavy atom. The molecule has 7 nitrogen and oxygen atoms in total. The Balaban J connectivity index is 2.69. The largest absolute Gasteiger partial charge is 0.465 e. The van der Waals surface area contributed by atoms with Crippen LogP contribution in [0.2, 0.25) is 0 Å². The van der Waals surface area contributed by atoms with E-state index in [1.807, 2.05) is 13.8 Å². The maximum absolute atomic E-state index is 12.2. The zero-order valence-electron chi connectivity index (χ0n) is 15.8. The number of benzene rings is 1. The summed E-state index contributed by atoms with van der Waals surface area (Å²) in [6, 6.07) is 6.52. The molecule has 142 valence electrons. The van der Waals surface area contributed by atoms with Gasteiger partial charge >= 0.3 is 5.97 Å². The van der Waals surface area contributed by atoms with E-state index in [0.29, 0.717) is 36.4 Å². The van der Waals surface area contributed by atoms with Crippen LogP contribution in [0.4, 0.5) is 5.69 Å². The fourth-order valence-electron chi connectivity index (χ4n) is 2.31. The predicted molar refractivity (Wildman–Crippen MR) is 101 cm³/mol. The minimum absolute atomic E-state index is 0.0606. The van der Waals surface area contributed by atoms with E-state index in [1.165, 1.54) is 0 Å². The molecule has 1 aromatic rings. The smallest absolute Gasteiger partial charge is 0.314 e. The van der Waals surface area contributed by atoms with Crippen LogP contribution in [0.1, 0.15) is 57.3 Å².